The van der Waals surface area contributed by atoms with E-state index in [1.807, 2.05) is 0 Å². The van der Waals surface area contributed by atoms with Crippen LogP contribution in [0.25, 0.3) is 0 Å². The Morgan fingerprint density at radius 1 is 1.36 bits per heavy atom. The van der Waals surface area contributed by atoms with Crippen molar-refractivity contribution in [1.29, 1.82) is 0 Å². The molecule has 0 spiro atoms. The monoisotopic (exact) mass is 163 g/mol. The third-order valence-corrected chi connectivity index (χ3v) is 0.387. The molecule has 0 atom stereocenters. The quantitative estimate of drug-likeness (QED) is 0.342. The van der Waals surface area contributed by atoms with Crippen LogP contribution in [0.2, 0.25) is 0 Å². The first-order valence-corrected chi connectivity index (χ1v) is 2.49. The van der Waals surface area contributed by atoms with E-state index < -0.39 is 17.8 Å². The minimum Gasteiger partial charge on any atom is -0.481 e. The highest BCUT2D eigenvalue weighted by Crippen LogP contribution is 1.65. The highest BCUT2D eigenvalue weighted by Gasteiger charge is 2.04. The van der Waals surface area contributed by atoms with E-state index in [0.29, 0.717) is 0 Å². The van der Waals surface area contributed by atoms with Gasteiger partial charge in [0.15, 0.2) is 0 Å². The summed E-state index contributed by atoms with van der Waals surface area (Å²) in [4.78, 5) is 28.5. The van der Waals surface area contributed by atoms with E-state index in [1.54, 1.807) is 0 Å². The van der Waals surface area contributed by atoms with E-state index in [1.165, 1.54) is 0 Å². The Bertz CT molecular complexity index is 160. The fourth-order valence-corrected chi connectivity index (χ4v) is 0.101. The van der Waals surface area contributed by atoms with Crippen LogP contribution in [0.15, 0.2) is 0 Å². The van der Waals surface area contributed by atoms with Crippen LogP contribution in [0, 0.1) is 0 Å². The van der Waals surface area contributed by atoms with Crippen molar-refractivity contribution in [3.63, 3.8) is 0 Å². The van der Waals surface area contributed by atoms with Crippen LogP contribution in [-0.2, 0) is 19.1 Å². The molecule has 6 nitrogen and oxygen atoms in total. The molecule has 0 radical (unpaired) electrons. The first kappa shape index (κ1) is 12.1. The van der Waals surface area contributed by atoms with Crippen LogP contribution >= 0.6 is 0 Å². The summed E-state index contributed by atoms with van der Waals surface area (Å²) >= 11 is 0. The lowest BCUT2D eigenvalue weighted by atomic mass is 10.7. The zero-order chi connectivity index (χ0) is 9.44. The lowest BCUT2D eigenvalue weighted by Gasteiger charge is -1.86. The molecule has 0 aliphatic heterocycles. The molecule has 0 heterocycles. The number of ether oxygens (including phenoxy) is 1. The zero-order valence-electron chi connectivity index (χ0n) is 6.16. The highest BCUT2D eigenvalue weighted by molar-refractivity contribution is 6.31. The Labute approximate surface area is 62.9 Å². The molecule has 0 aliphatic rings. The van der Waals surface area contributed by atoms with E-state index in [4.69, 9.17) is 9.90 Å². The second-order valence-electron chi connectivity index (χ2n) is 1.37. The number of carboxylic acid groups (broad SMARTS) is 1. The van der Waals surface area contributed by atoms with Gasteiger partial charge < -0.3 is 15.6 Å². The number of aliphatic carboxylic acids is 1. The molecule has 64 valence electrons. The number of carbonyl (C=O) groups is 3. The van der Waals surface area contributed by atoms with Gasteiger partial charge in [-0.25, -0.2) is 4.79 Å². The molecule has 0 aromatic carbocycles. The summed E-state index contributed by atoms with van der Waals surface area (Å²) < 4.78 is 3.90. The van der Waals surface area contributed by atoms with E-state index in [2.05, 4.69) is 10.5 Å². The molecule has 0 saturated heterocycles. The number of amides is 1. The van der Waals surface area contributed by atoms with Crippen molar-refractivity contribution < 1.29 is 24.2 Å². The van der Waals surface area contributed by atoms with Crippen LogP contribution in [0.4, 0.5) is 0 Å². The normalized spacial score (nSPS) is 7.09. The number of hydrogen-bond acceptors (Lipinski definition) is 4. The van der Waals surface area contributed by atoms with Crippen LogP contribution in [-0.4, -0.2) is 30.1 Å². The van der Waals surface area contributed by atoms with Crippen LogP contribution in [0.1, 0.15) is 6.92 Å². The number of esters is 1. The summed E-state index contributed by atoms with van der Waals surface area (Å²) in [6.45, 7) is 1.08. The molecule has 0 rings (SSSR count). The van der Waals surface area contributed by atoms with Gasteiger partial charge in [0.2, 0.25) is 0 Å². The largest absolute Gasteiger partial charge is 0.481 e. The summed E-state index contributed by atoms with van der Waals surface area (Å²) in [5.41, 5.74) is 4.43. The van der Waals surface area contributed by atoms with Crippen LogP contribution in [0.5, 0.6) is 0 Å². The van der Waals surface area contributed by atoms with Crippen molar-refractivity contribution in [2.24, 2.45) is 5.73 Å². The Morgan fingerprint density at radius 3 is 1.64 bits per heavy atom. The lowest BCUT2D eigenvalue weighted by Crippen LogP contribution is -2.23. The van der Waals surface area contributed by atoms with Crippen molar-refractivity contribution in [2.45, 2.75) is 6.92 Å². The number of carboxylic acids is 1. The molecular weight excluding hydrogens is 154 g/mol. The van der Waals surface area contributed by atoms with Gasteiger partial charge in [0, 0.05) is 6.92 Å². The van der Waals surface area contributed by atoms with Gasteiger partial charge >= 0.3 is 11.9 Å². The van der Waals surface area contributed by atoms with E-state index >= 15 is 0 Å². The van der Waals surface area contributed by atoms with Gasteiger partial charge in [0.05, 0.1) is 7.11 Å². The minimum absolute atomic E-state index is 0.833. The fourth-order valence-electron chi connectivity index (χ4n) is 0.101. The molecule has 0 fully saturated rings. The van der Waals surface area contributed by atoms with Gasteiger partial charge in [-0.2, -0.15) is 0 Å². The molecule has 0 unspecified atom stereocenters. The van der Waals surface area contributed by atoms with Gasteiger partial charge in [-0.3, -0.25) is 9.59 Å². The van der Waals surface area contributed by atoms with Crippen molar-refractivity contribution in [3.8, 4) is 0 Å². The van der Waals surface area contributed by atoms with E-state index in [9.17, 15) is 9.59 Å². The maximum atomic E-state index is 9.81. The first-order valence-electron chi connectivity index (χ1n) is 2.49. The Hall–Kier alpha value is -1.59. The average molecular weight is 163 g/mol. The van der Waals surface area contributed by atoms with Gasteiger partial charge in [0.25, 0.3) is 5.97 Å². The third-order valence-electron chi connectivity index (χ3n) is 0.387. The standard InChI is InChI=1S/C3H5NO3.C2H4O2/c1-7-3(6)2(4)5;1-2(3)4/h1H3,(H2,4,5);1H3,(H,3,4). The van der Waals surface area contributed by atoms with Crippen LogP contribution < -0.4 is 5.73 Å². The Balaban J connectivity index is 0. The maximum Gasteiger partial charge on any atom is 0.396 e. The number of primary amides is 1. The topological polar surface area (TPSA) is 107 Å². The molecule has 0 aromatic heterocycles. The fraction of sp³-hybridized carbons (Fsp3) is 0.400. The Morgan fingerprint density at radius 2 is 1.64 bits per heavy atom. The molecule has 3 N–H and O–H groups in total. The second-order valence-corrected chi connectivity index (χ2v) is 1.37. The molecule has 0 aromatic rings. The molecule has 1 amide bonds. The number of rotatable bonds is 0. The molecule has 0 saturated carbocycles. The summed E-state index contributed by atoms with van der Waals surface area (Å²) in [6.07, 6.45) is 0. The van der Waals surface area contributed by atoms with Crippen molar-refractivity contribution in [1.82, 2.24) is 0 Å². The summed E-state index contributed by atoms with van der Waals surface area (Å²) in [6, 6.07) is 0. The summed E-state index contributed by atoms with van der Waals surface area (Å²) in [5.74, 6) is -2.91. The lowest BCUT2D eigenvalue weighted by molar-refractivity contribution is -0.151. The smallest absolute Gasteiger partial charge is 0.396 e. The van der Waals surface area contributed by atoms with Gasteiger partial charge in [-0.05, 0) is 0 Å². The van der Waals surface area contributed by atoms with E-state index in [0.717, 1.165) is 14.0 Å². The predicted octanol–water partition coefficient (Wildman–Crippen LogP) is -1.26. The van der Waals surface area contributed by atoms with Gasteiger partial charge in [-0.15, -0.1) is 0 Å². The second kappa shape index (κ2) is 6.53. The van der Waals surface area contributed by atoms with Crippen molar-refractivity contribution in [2.75, 3.05) is 7.11 Å². The number of nitrogens with two attached hydrogens (primary N) is 1. The number of methoxy groups -OCH3 is 1. The molecule has 6 heteroatoms. The number of carbonyl (C=O) groups excluding carboxylic acids is 2. The molecule has 0 aliphatic carbocycles. The molecule has 0 bridgehead atoms. The van der Waals surface area contributed by atoms with E-state index in [-0.39, 0.29) is 0 Å². The summed E-state index contributed by atoms with van der Waals surface area (Å²) in [7, 11) is 1.09. The first-order chi connectivity index (χ1) is 4.91. The Kier molecular flexibility index (Phi) is 7.19. The molecular formula is C5H9NO5. The highest BCUT2D eigenvalue weighted by atomic mass is 16.5. The number of hydrogen-bond donors (Lipinski definition) is 2. The maximum absolute atomic E-state index is 9.81. The van der Waals surface area contributed by atoms with Gasteiger partial charge in [-0.1, -0.05) is 0 Å². The molecule has 11 heavy (non-hydrogen) atoms. The predicted molar refractivity (Wildman–Crippen MR) is 34.5 cm³/mol. The van der Waals surface area contributed by atoms with Crippen LogP contribution in [0.3, 0.4) is 0 Å². The van der Waals surface area contributed by atoms with Crippen molar-refractivity contribution >= 4 is 17.8 Å². The minimum atomic E-state index is -1.07. The SMILES string of the molecule is CC(=O)O.COC(=O)C(N)=O. The van der Waals surface area contributed by atoms with Gasteiger partial charge in [0.1, 0.15) is 0 Å². The third kappa shape index (κ3) is 17.8. The van der Waals surface area contributed by atoms with Crippen molar-refractivity contribution in [3.05, 3.63) is 0 Å². The summed E-state index contributed by atoms with van der Waals surface area (Å²) in [5, 5.41) is 7.42. The average Bonchev–Trinajstić information content (AvgIpc) is 1.85. The zero-order valence-corrected chi connectivity index (χ0v) is 6.16.